The van der Waals surface area contributed by atoms with Crippen LogP contribution in [0.5, 0.6) is 0 Å². The van der Waals surface area contributed by atoms with Gasteiger partial charge in [0.15, 0.2) is 6.29 Å². The van der Waals surface area contributed by atoms with Gasteiger partial charge in [-0.3, -0.25) is 0 Å². The van der Waals surface area contributed by atoms with E-state index >= 15 is 0 Å². The molecule has 0 rings (SSSR count). The highest BCUT2D eigenvalue weighted by molar-refractivity contribution is 4.52. The number of nitrogens with one attached hydrogen (secondary N) is 1. The number of unbranched alkanes of at least 4 members (excludes halogenated alkanes) is 1. The molecule has 0 aromatic carbocycles. The largest absolute Gasteiger partial charge is 0.379 e. The van der Waals surface area contributed by atoms with Gasteiger partial charge in [0.05, 0.1) is 6.10 Å². The zero-order chi connectivity index (χ0) is 12.9. The Morgan fingerprint density at radius 3 is 2.12 bits per heavy atom. The third-order valence-electron chi connectivity index (χ3n) is 2.22. The normalized spacial score (nSPS) is 11.6. The molecule has 0 aliphatic carbocycles. The summed E-state index contributed by atoms with van der Waals surface area (Å²) in [5.74, 6) is 0. The molecule has 0 aromatic rings. The van der Waals surface area contributed by atoms with Crippen molar-refractivity contribution in [2.45, 2.75) is 52.9 Å². The molecule has 1 N–H and O–H groups in total. The SMILES string of the molecule is CCOC(CNCCCCOC(C)C)OCC. The molecule has 17 heavy (non-hydrogen) atoms. The molecule has 0 spiro atoms. The Kier molecular flexibility index (Phi) is 12.2. The minimum Gasteiger partial charge on any atom is -0.379 e. The van der Waals surface area contributed by atoms with Crippen LogP contribution in [0.2, 0.25) is 0 Å². The number of rotatable bonds is 12. The summed E-state index contributed by atoms with van der Waals surface area (Å²) in [4.78, 5) is 0. The molecule has 0 saturated heterocycles. The highest BCUT2D eigenvalue weighted by Gasteiger charge is 2.06. The molecular formula is C13H29NO3. The van der Waals surface area contributed by atoms with Crippen molar-refractivity contribution in [2.75, 3.05) is 32.9 Å². The average Bonchev–Trinajstić information content (AvgIpc) is 2.28. The molecule has 0 unspecified atom stereocenters. The molecule has 0 fully saturated rings. The fraction of sp³-hybridized carbons (Fsp3) is 1.00. The van der Waals surface area contributed by atoms with Gasteiger partial charge in [0.25, 0.3) is 0 Å². The lowest BCUT2D eigenvalue weighted by molar-refractivity contribution is -0.132. The second-order valence-electron chi connectivity index (χ2n) is 4.17. The predicted molar refractivity (Wildman–Crippen MR) is 70.2 cm³/mol. The monoisotopic (exact) mass is 247 g/mol. The Balaban J connectivity index is 3.29. The molecule has 0 aromatic heterocycles. The average molecular weight is 247 g/mol. The van der Waals surface area contributed by atoms with Crippen LogP contribution in [0.4, 0.5) is 0 Å². The zero-order valence-corrected chi connectivity index (χ0v) is 11.8. The number of hydrogen-bond donors (Lipinski definition) is 1. The standard InChI is InChI=1S/C13H29NO3/c1-5-15-13(16-6-2)11-14-9-7-8-10-17-12(3)4/h12-14H,5-11H2,1-4H3. The van der Waals surface area contributed by atoms with E-state index in [1.807, 2.05) is 13.8 Å². The highest BCUT2D eigenvalue weighted by Crippen LogP contribution is 1.95. The van der Waals surface area contributed by atoms with E-state index in [1.54, 1.807) is 0 Å². The quantitative estimate of drug-likeness (QED) is 0.424. The van der Waals surface area contributed by atoms with Gasteiger partial charge < -0.3 is 19.5 Å². The van der Waals surface area contributed by atoms with Crippen molar-refractivity contribution in [2.24, 2.45) is 0 Å². The summed E-state index contributed by atoms with van der Waals surface area (Å²) in [6, 6.07) is 0. The van der Waals surface area contributed by atoms with E-state index in [0.29, 0.717) is 19.3 Å². The van der Waals surface area contributed by atoms with E-state index < -0.39 is 0 Å². The van der Waals surface area contributed by atoms with Crippen LogP contribution in [0.15, 0.2) is 0 Å². The Bertz CT molecular complexity index is 148. The van der Waals surface area contributed by atoms with E-state index in [0.717, 1.165) is 32.5 Å². The maximum atomic E-state index is 5.47. The van der Waals surface area contributed by atoms with Crippen LogP contribution >= 0.6 is 0 Å². The fourth-order valence-corrected chi connectivity index (χ4v) is 1.43. The van der Waals surface area contributed by atoms with Crippen molar-refractivity contribution in [1.82, 2.24) is 5.32 Å². The fourth-order valence-electron chi connectivity index (χ4n) is 1.43. The van der Waals surface area contributed by atoms with Crippen LogP contribution in [0.1, 0.15) is 40.5 Å². The van der Waals surface area contributed by atoms with Gasteiger partial charge >= 0.3 is 0 Å². The van der Waals surface area contributed by atoms with Gasteiger partial charge in [0, 0.05) is 26.4 Å². The summed E-state index contributed by atoms with van der Waals surface area (Å²) in [6.45, 7) is 12.1. The van der Waals surface area contributed by atoms with E-state index in [1.165, 1.54) is 0 Å². The first-order chi connectivity index (χ1) is 8.20. The summed E-state index contributed by atoms with van der Waals surface area (Å²) >= 11 is 0. The molecule has 0 heterocycles. The summed E-state index contributed by atoms with van der Waals surface area (Å²) in [5, 5.41) is 3.34. The Labute approximate surface area is 106 Å². The van der Waals surface area contributed by atoms with Crippen molar-refractivity contribution < 1.29 is 14.2 Å². The van der Waals surface area contributed by atoms with Crippen molar-refractivity contribution >= 4 is 0 Å². The van der Waals surface area contributed by atoms with E-state index in [-0.39, 0.29) is 6.29 Å². The van der Waals surface area contributed by atoms with E-state index in [2.05, 4.69) is 19.2 Å². The van der Waals surface area contributed by atoms with Gasteiger partial charge in [-0.1, -0.05) is 0 Å². The lowest BCUT2D eigenvalue weighted by Gasteiger charge is -2.17. The molecular weight excluding hydrogens is 218 g/mol. The summed E-state index contributed by atoms with van der Waals surface area (Å²) < 4.78 is 16.3. The molecule has 0 radical (unpaired) electrons. The molecule has 0 aliphatic heterocycles. The zero-order valence-electron chi connectivity index (χ0n) is 11.8. The van der Waals surface area contributed by atoms with Crippen molar-refractivity contribution in [1.29, 1.82) is 0 Å². The maximum Gasteiger partial charge on any atom is 0.169 e. The minimum absolute atomic E-state index is 0.114. The summed E-state index contributed by atoms with van der Waals surface area (Å²) in [7, 11) is 0. The van der Waals surface area contributed by atoms with Crippen LogP contribution in [-0.2, 0) is 14.2 Å². The second kappa shape index (κ2) is 12.3. The molecule has 0 aliphatic rings. The smallest absolute Gasteiger partial charge is 0.169 e. The summed E-state index contributed by atoms with van der Waals surface area (Å²) in [6.07, 6.45) is 2.44. The molecule has 0 atom stereocenters. The molecule has 4 heteroatoms. The van der Waals surface area contributed by atoms with Crippen LogP contribution in [0.25, 0.3) is 0 Å². The third kappa shape index (κ3) is 12.1. The van der Waals surface area contributed by atoms with Gasteiger partial charge in [-0.25, -0.2) is 0 Å². The lowest BCUT2D eigenvalue weighted by Crippen LogP contribution is -2.32. The maximum absolute atomic E-state index is 5.47. The second-order valence-corrected chi connectivity index (χ2v) is 4.17. The van der Waals surface area contributed by atoms with Crippen LogP contribution in [0.3, 0.4) is 0 Å². The topological polar surface area (TPSA) is 39.7 Å². The molecule has 104 valence electrons. The predicted octanol–water partition coefficient (Wildman–Crippen LogP) is 2.18. The Hall–Kier alpha value is -0.160. The lowest BCUT2D eigenvalue weighted by atomic mass is 10.3. The van der Waals surface area contributed by atoms with Crippen LogP contribution in [0, 0.1) is 0 Å². The molecule has 4 nitrogen and oxygen atoms in total. The van der Waals surface area contributed by atoms with Gasteiger partial charge in [-0.05, 0) is 47.1 Å². The van der Waals surface area contributed by atoms with Crippen LogP contribution < -0.4 is 5.32 Å². The number of hydrogen-bond acceptors (Lipinski definition) is 4. The Morgan fingerprint density at radius 2 is 1.59 bits per heavy atom. The first-order valence-corrected chi connectivity index (χ1v) is 6.76. The molecule has 0 bridgehead atoms. The van der Waals surface area contributed by atoms with E-state index in [4.69, 9.17) is 14.2 Å². The molecule has 0 saturated carbocycles. The highest BCUT2D eigenvalue weighted by atomic mass is 16.7. The van der Waals surface area contributed by atoms with Crippen LogP contribution in [-0.4, -0.2) is 45.3 Å². The Morgan fingerprint density at radius 1 is 0.941 bits per heavy atom. The van der Waals surface area contributed by atoms with Gasteiger partial charge in [0.2, 0.25) is 0 Å². The van der Waals surface area contributed by atoms with Crippen molar-refractivity contribution in [3.8, 4) is 0 Å². The van der Waals surface area contributed by atoms with Gasteiger partial charge in [-0.2, -0.15) is 0 Å². The van der Waals surface area contributed by atoms with Gasteiger partial charge in [-0.15, -0.1) is 0 Å². The van der Waals surface area contributed by atoms with Crippen molar-refractivity contribution in [3.05, 3.63) is 0 Å². The first kappa shape index (κ1) is 16.8. The van der Waals surface area contributed by atoms with Crippen molar-refractivity contribution in [3.63, 3.8) is 0 Å². The number of ether oxygens (including phenoxy) is 3. The van der Waals surface area contributed by atoms with Gasteiger partial charge in [0.1, 0.15) is 0 Å². The van der Waals surface area contributed by atoms with E-state index in [9.17, 15) is 0 Å². The summed E-state index contributed by atoms with van der Waals surface area (Å²) in [5.41, 5.74) is 0. The third-order valence-corrected chi connectivity index (χ3v) is 2.22. The minimum atomic E-state index is -0.114. The first-order valence-electron chi connectivity index (χ1n) is 6.76. The molecule has 0 amide bonds.